The van der Waals surface area contributed by atoms with Crippen LogP contribution in [0, 0.1) is 19.7 Å². The molecule has 0 spiro atoms. The number of aromatic nitrogens is 3. The number of rotatable bonds is 6. The number of pyridine rings is 1. The quantitative estimate of drug-likeness (QED) is 0.181. The summed E-state index contributed by atoms with van der Waals surface area (Å²) < 4.78 is 18.9. The highest BCUT2D eigenvalue weighted by atomic mass is 32.1. The third-order valence-electron chi connectivity index (χ3n) is 13.4. The normalized spacial score (nSPS) is 12.7. The number of para-hydroxylation sites is 1. The van der Waals surface area contributed by atoms with Crippen molar-refractivity contribution in [2.75, 3.05) is 0 Å². The van der Waals surface area contributed by atoms with Crippen molar-refractivity contribution >= 4 is 32.5 Å². The number of nitrogens with zero attached hydrogens (tertiary/aromatic N) is 3. The van der Waals surface area contributed by atoms with Crippen molar-refractivity contribution < 1.29 is 9.50 Å². The number of halogens is 1. The SMILES string of the molecule is Cc1cc(C)c(-n2c(-c3cc(C(C)(C)C)cc(C(C)(C)C)c3O)nc3c(-c4cc(-c5ncc(F)c6cc(-c7ccc(C(C)(C)C)cc7)sc56)cc(C(C)(C)C)c4)cccc32)c(-c2ccccc2)c1. The summed E-state index contributed by atoms with van der Waals surface area (Å²) >= 11 is 1.58. The van der Waals surface area contributed by atoms with E-state index in [2.05, 4.69) is 217 Å². The number of aromatic hydroxyl groups is 1. The maximum absolute atomic E-state index is 15.9. The summed E-state index contributed by atoms with van der Waals surface area (Å²) in [5.74, 6) is 0.572. The highest BCUT2D eigenvalue weighted by Gasteiger charge is 2.30. The molecule has 346 valence electrons. The van der Waals surface area contributed by atoms with Gasteiger partial charge in [-0.15, -0.1) is 11.3 Å². The molecule has 68 heavy (non-hydrogen) atoms. The molecule has 3 heterocycles. The van der Waals surface area contributed by atoms with Gasteiger partial charge in [0.05, 0.1) is 38.9 Å². The predicted octanol–water partition coefficient (Wildman–Crippen LogP) is 17.6. The first-order chi connectivity index (χ1) is 31.9. The van der Waals surface area contributed by atoms with Crippen LogP contribution in [0.25, 0.3) is 82.1 Å². The molecule has 0 amide bonds. The lowest BCUT2D eigenvalue weighted by Crippen LogP contribution is -2.17. The second-order valence-electron chi connectivity index (χ2n) is 22.9. The lowest BCUT2D eigenvalue weighted by molar-refractivity contribution is 0.446. The Morgan fingerprint density at radius 1 is 0.559 bits per heavy atom. The summed E-state index contributed by atoms with van der Waals surface area (Å²) in [6.07, 6.45) is 1.37. The summed E-state index contributed by atoms with van der Waals surface area (Å²) in [5, 5.41) is 13.1. The van der Waals surface area contributed by atoms with Gasteiger partial charge >= 0.3 is 0 Å². The van der Waals surface area contributed by atoms with E-state index in [4.69, 9.17) is 9.97 Å². The Kier molecular flexibility index (Phi) is 11.5. The first-order valence-corrected chi connectivity index (χ1v) is 24.6. The maximum Gasteiger partial charge on any atom is 0.150 e. The molecule has 6 heteroatoms. The molecule has 0 saturated heterocycles. The van der Waals surface area contributed by atoms with Gasteiger partial charge in [0.25, 0.3) is 0 Å². The zero-order valence-electron chi connectivity index (χ0n) is 42.2. The van der Waals surface area contributed by atoms with E-state index in [1.807, 2.05) is 6.07 Å². The fraction of sp³-hybridized carbons (Fsp3) is 0.290. The highest BCUT2D eigenvalue weighted by Crippen LogP contribution is 2.47. The number of benzene rings is 6. The van der Waals surface area contributed by atoms with Crippen LogP contribution in [0.15, 0.2) is 128 Å². The van der Waals surface area contributed by atoms with Crippen molar-refractivity contribution in [2.45, 2.75) is 119 Å². The zero-order chi connectivity index (χ0) is 48.8. The van der Waals surface area contributed by atoms with Gasteiger partial charge in [0.1, 0.15) is 17.4 Å². The Balaban J connectivity index is 1.34. The topological polar surface area (TPSA) is 50.9 Å². The van der Waals surface area contributed by atoms with E-state index in [1.165, 1.54) is 11.8 Å². The Morgan fingerprint density at radius 3 is 1.85 bits per heavy atom. The molecule has 0 bridgehead atoms. The van der Waals surface area contributed by atoms with Gasteiger partial charge in [0.2, 0.25) is 0 Å². The Morgan fingerprint density at radius 2 is 1.21 bits per heavy atom. The molecule has 0 aliphatic carbocycles. The number of fused-ring (bicyclic) bond motifs is 2. The van der Waals surface area contributed by atoms with E-state index < -0.39 is 0 Å². The van der Waals surface area contributed by atoms with Gasteiger partial charge in [-0.2, -0.15) is 0 Å². The number of thiophene rings is 1. The molecule has 4 nitrogen and oxygen atoms in total. The molecular formula is C62H64FN3OS. The fourth-order valence-electron chi connectivity index (χ4n) is 9.47. The number of phenolic OH excluding ortho intramolecular Hbond substituents is 1. The molecule has 0 unspecified atom stereocenters. The minimum atomic E-state index is -0.346. The molecule has 0 fully saturated rings. The maximum atomic E-state index is 15.9. The summed E-state index contributed by atoms with van der Waals surface area (Å²) in [6.45, 7) is 30.8. The van der Waals surface area contributed by atoms with Crippen LogP contribution in [-0.4, -0.2) is 19.6 Å². The van der Waals surface area contributed by atoms with Crippen molar-refractivity contribution in [1.29, 1.82) is 0 Å². The molecule has 1 N–H and O–H groups in total. The monoisotopic (exact) mass is 917 g/mol. The second-order valence-corrected chi connectivity index (χ2v) is 23.9. The van der Waals surface area contributed by atoms with Crippen LogP contribution in [0.4, 0.5) is 4.39 Å². The summed E-state index contributed by atoms with van der Waals surface area (Å²) in [4.78, 5) is 11.6. The van der Waals surface area contributed by atoms with Crippen LogP contribution in [0.2, 0.25) is 0 Å². The lowest BCUT2D eigenvalue weighted by atomic mass is 9.79. The summed E-state index contributed by atoms with van der Waals surface area (Å²) in [6, 6.07) is 43.1. The number of hydrogen-bond acceptors (Lipinski definition) is 4. The third kappa shape index (κ3) is 8.57. The molecular weight excluding hydrogens is 854 g/mol. The van der Waals surface area contributed by atoms with E-state index in [1.54, 1.807) is 11.3 Å². The first-order valence-electron chi connectivity index (χ1n) is 23.8. The van der Waals surface area contributed by atoms with Crippen molar-refractivity contribution in [2.24, 2.45) is 0 Å². The van der Waals surface area contributed by atoms with Crippen LogP contribution >= 0.6 is 11.3 Å². The molecule has 0 radical (unpaired) electrons. The Bertz CT molecular complexity index is 3400. The largest absolute Gasteiger partial charge is 0.507 e. The van der Waals surface area contributed by atoms with Crippen LogP contribution in [0.5, 0.6) is 5.75 Å². The van der Waals surface area contributed by atoms with Crippen LogP contribution in [0.1, 0.15) is 116 Å². The van der Waals surface area contributed by atoms with E-state index in [0.717, 1.165) is 93.2 Å². The summed E-state index contributed by atoms with van der Waals surface area (Å²) in [5.41, 5.74) is 16.1. The van der Waals surface area contributed by atoms with E-state index in [9.17, 15) is 5.11 Å². The third-order valence-corrected chi connectivity index (χ3v) is 14.6. The predicted molar refractivity (Wildman–Crippen MR) is 287 cm³/mol. The number of hydrogen-bond donors (Lipinski definition) is 1. The number of phenols is 1. The Hall–Kier alpha value is -6.37. The van der Waals surface area contributed by atoms with Crippen LogP contribution in [0.3, 0.4) is 0 Å². The standard InChI is InChI=1S/C62H64FN3OS/c1-36-27-37(2)55(46(28-36)38-19-16-15-17-20-38)66-51-22-18-21-45(54(51)65-58(66)48-32-44(61(9,10)11)33-49(56(48)67)62(12,13)14)40-29-41(31-43(30-40)60(6,7)8)53-57-47(50(63)35-64-53)34-52(68-57)39-23-25-42(26-24-39)59(3,4)5/h15-35,67H,1-14H3. The fourth-order valence-corrected chi connectivity index (χ4v) is 10.7. The van der Waals surface area contributed by atoms with Gasteiger partial charge in [-0.1, -0.05) is 174 Å². The molecule has 0 aliphatic rings. The highest BCUT2D eigenvalue weighted by molar-refractivity contribution is 7.22. The minimum absolute atomic E-state index is 0.0291. The zero-order valence-corrected chi connectivity index (χ0v) is 43.0. The van der Waals surface area contributed by atoms with Gasteiger partial charge in [-0.25, -0.2) is 9.37 Å². The van der Waals surface area contributed by atoms with Crippen LogP contribution in [-0.2, 0) is 21.7 Å². The smallest absolute Gasteiger partial charge is 0.150 e. The van der Waals surface area contributed by atoms with Crippen molar-refractivity contribution in [3.05, 3.63) is 167 Å². The lowest BCUT2D eigenvalue weighted by Gasteiger charge is -2.28. The van der Waals surface area contributed by atoms with Gasteiger partial charge in [0.15, 0.2) is 0 Å². The van der Waals surface area contributed by atoms with Crippen molar-refractivity contribution in [1.82, 2.24) is 14.5 Å². The van der Waals surface area contributed by atoms with Gasteiger partial charge in [-0.3, -0.25) is 9.55 Å². The van der Waals surface area contributed by atoms with Crippen LogP contribution < -0.4 is 0 Å². The Labute approximate surface area is 406 Å². The molecule has 6 aromatic carbocycles. The average molecular weight is 918 g/mol. The summed E-state index contributed by atoms with van der Waals surface area (Å²) in [7, 11) is 0. The number of imidazole rings is 1. The van der Waals surface area contributed by atoms with Gasteiger partial charge in [0, 0.05) is 32.5 Å². The minimum Gasteiger partial charge on any atom is -0.507 e. The van der Waals surface area contributed by atoms with Crippen molar-refractivity contribution in [3.63, 3.8) is 0 Å². The van der Waals surface area contributed by atoms with Gasteiger partial charge < -0.3 is 5.11 Å². The molecule has 9 rings (SSSR count). The first kappa shape index (κ1) is 46.7. The van der Waals surface area contributed by atoms with Gasteiger partial charge in [-0.05, 0) is 111 Å². The molecule has 0 saturated carbocycles. The van der Waals surface area contributed by atoms with E-state index in [0.29, 0.717) is 16.8 Å². The van der Waals surface area contributed by atoms with E-state index in [-0.39, 0.29) is 33.2 Å². The molecule has 0 aliphatic heterocycles. The molecule has 9 aromatic rings. The molecule has 3 aromatic heterocycles. The molecule has 0 atom stereocenters. The number of aryl methyl sites for hydroxylation is 2. The van der Waals surface area contributed by atoms with Crippen molar-refractivity contribution in [3.8, 4) is 66.8 Å². The second kappa shape index (κ2) is 16.7. The average Bonchev–Trinajstić information content (AvgIpc) is 3.89. The van der Waals surface area contributed by atoms with E-state index >= 15 is 4.39 Å².